The van der Waals surface area contributed by atoms with E-state index in [1.807, 2.05) is 11.8 Å². The zero-order valence-electron chi connectivity index (χ0n) is 7.86. The molecule has 0 bridgehead atoms. The molecule has 0 spiro atoms. The van der Waals surface area contributed by atoms with E-state index in [-0.39, 0.29) is 0 Å². The van der Waals surface area contributed by atoms with E-state index in [0.717, 1.165) is 0 Å². The molecule has 0 aromatic rings. The van der Waals surface area contributed by atoms with E-state index in [1.54, 1.807) is 0 Å². The first-order valence-corrected chi connectivity index (χ1v) is 6.00. The molecule has 0 saturated heterocycles. The zero-order chi connectivity index (χ0) is 8.36. The molecule has 0 rings (SSSR count). The van der Waals surface area contributed by atoms with Gasteiger partial charge in [0, 0.05) is 0 Å². The van der Waals surface area contributed by atoms with Crippen molar-refractivity contribution in [3.63, 3.8) is 0 Å². The van der Waals surface area contributed by atoms with E-state index >= 15 is 0 Å². The molecule has 0 aromatic carbocycles. The smallest absolute Gasteiger partial charge is 0.00411 e. The van der Waals surface area contributed by atoms with Crippen molar-refractivity contribution in [2.45, 2.75) is 32.6 Å². The second-order valence-corrected chi connectivity index (χ2v) is 3.79. The maximum atomic E-state index is 3.44. The van der Waals surface area contributed by atoms with Gasteiger partial charge in [-0.05, 0) is 37.9 Å². The van der Waals surface area contributed by atoms with Crippen molar-refractivity contribution < 1.29 is 0 Å². The SMILES string of the molecule is CCCCCNCCCSC. The summed E-state index contributed by atoms with van der Waals surface area (Å²) in [7, 11) is 0. The molecule has 0 unspecified atom stereocenters. The van der Waals surface area contributed by atoms with Crippen LogP contribution in [0.15, 0.2) is 0 Å². The van der Waals surface area contributed by atoms with Gasteiger partial charge in [0.15, 0.2) is 0 Å². The van der Waals surface area contributed by atoms with Crippen molar-refractivity contribution in [3.05, 3.63) is 0 Å². The molecule has 0 aliphatic carbocycles. The first kappa shape index (κ1) is 11.3. The Morgan fingerprint density at radius 1 is 1.09 bits per heavy atom. The predicted molar refractivity (Wildman–Crippen MR) is 55.4 cm³/mol. The molecule has 0 atom stereocenters. The maximum absolute atomic E-state index is 3.44. The minimum absolute atomic E-state index is 1.20. The lowest BCUT2D eigenvalue weighted by atomic mass is 10.2. The van der Waals surface area contributed by atoms with Crippen molar-refractivity contribution in [2.75, 3.05) is 25.1 Å². The molecule has 0 fully saturated rings. The summed E-state index contributed by atoms with van der Waals surface area (Å²) in [4.78, 5) is 0. The van der Waals surface area contributed by atoms with E-state index in [4.69, 9.17) is 0 Å². The quantitative estimate of drug-likeness (QED) is 0.569. The lowest BCUT2D eigenvalue weighted by molar-refractivity contribution is 0.613. The molecule has 11 heavy (non-hydrogen) atoms. The average molecular weight is 175 g/mol. The number of thioether (sulfide) groups is 1. The number of hydrogen-bond acceptors (Lipinski definition) is 2. The van der Waals surface area contributed by atoms with Gasteiger partial charge in [0.05, 0.1) is 0 Å². The number of hydrogen-bond donors (Lipinski definition) is 1. The van der Waals surface area contributed by atoms with E-state index in [0.29, 0.717) is 0 Å². The van der Waals surface area contributed by atoms with Crippen LogP contribution in [0.2, 0.25) is 0 Å². The zero-order valence-corrected chi connectivity index (χ0v) is 8.67. The van der Waals surface area contributed by atoms with E-state index < -0.39 is 0 Å². The summed E-state index contributed by atoms with van der Waals surface area (Å²) in [6, 6.07) is 0. The Balaban J connectivity index is 2.69. The Kier molecular flexibility index (Phi) is 10.6. The highest BCUT2D eigenvalue weighted by Crippen LogP contribution is 1.94. The summed E-state index contributed by atoms with van der Waals surface area (Å²) in [6.45, 7) is 4.65. The van der Waals surface area contributed by atoms with Crippen molar-refractivity contribution in [1.29, 1.82) is 0 Å². The summed E-state index contributed by atoms with van der Waals surface area (Å²) in [5.41, 5.74) is 0. The maximum Gasteiger partial charge on any atom is -0.00411 e. The topological polar surface area (TPSA) is 12.0 Å². The van der Waals surface area contributed by atoms with Crippen LogP contribution in [-0.4, -0.2) is 25.1 Å². The Morgan fingerprint density at radius 2 is 1.82 bits per heavy atom. The summed E-state index contributed by atoms with van der Waals surface area (Å²) in [5, 5.41) is 3.44. The highest BCUT2D eigenvalue weighted by atomic mass is 32.2. The minimum atomic E-state index is 1.20. The van der Waals surface area contributed by atoms with E-state index in [9.17, 15) is 0 Å². The van der Waals surface area contributed by atoms with Gasteiger partial charge >= 0.3 is 0 Å². The molecule has 68 valence electrons. The van der Waals surface area contributed by atoms with Crippen LogP contribution in [0, 0.1) is 0 Å². The highest BCUT2D eigenvalue weighted by molar-refractivity contribution is 7.98. The van der Waals surface area contributed by atoms with Gasteiger partial charge in [0.1, 0.15) is 0 Å². The Bertz CT molecular complexity index is 58.6. The van der Waals surface area contributed by atoms with Crippen molar-refractivity contribution in [3.8, 4) is 0 Å². The van der Waals surface area contributed by atoms with Crippen LogP contribution in [0.3, 0.4) is 0 Å². The predicted octanol–water partition coefficient (Wildman–Crippen LogP) is 2.52. The molecular weight excluding hydrogens is 154 g/mol. The lowest BCUT2D eigenvalue weighted by Crippen LogP contribution is -2.16. The van der Waals surface area contributed by atoms with Gasteiger partial charge in [-0.15, -0.1) is 0 Å². The van der Waals surface area contributed by atoms with E-state index in [1.165, 1.54) is 44.5 Å². The van der Waals surface area contributed by atoms with Crippen LogP contribution in [0.4, 0.5) is 0 Å². The van der Waals surface area contributed by atoms with Crippen molar-refractivity contribution >= 4 is 11.8 Å². The number of unbranched alkanes of at least 4 members (excludes halogenated alkanes) is 2. The Labute approximate surface area is 75.3 Å². The van der Waals surface area contributed by atoms with Gasteiger partial charge in [0.2, 0.25) is 0 Å². The summed E-state index contributed by atoms with van der Waals surface area (Å²) >= 11 is 1.93. The largest absolute Gasteiger partial charge is 0.317 e. The van der Waals surface area contributed by atoms with Crippen LogP contribution >= 0.6 is 11.8 Å². The number of nitrogens with one attached hydrogen (secondary N) is 1. The van der Waals surface area contributed by atoms with Crippen LogP contribution < -0.4 is 5.32 Å². The monoisotopic (exact) mass is 175 g/mol. The fourth-order valence-corrected chi connectivity index (χ4v) is 1.40. The third-order valence-electron chi connectivity index (χ3n) is 1.66. The van der Waals surface area contributed by atoms with Crippen molar-refractivity contribution in [2.24, 2.45) is 0 Å². The van der Waals surface area contributed by atoms with Crippen LogP contribution in [0.1, 0.15) is 32.6 Å². The van der Waals surface area contributed by atoms with Gasteiger partial charge in [-0.25, -0.2) is 0 Å². The molecule has 0 aliphatic heterocycles. The van der Waals surface area contributed by atoms with Crippen LogP contribution in [0.5, 0.6) is 0 Å². The third kappa shape index (κ3) is 10.3. The van der Waals surface area contributed by atoms with Gasteiger partial charge in [-0.1, -0.05) is 19.8 Å². The molecule has 0 heterocycles. The van der Waals surface area contributed by atoms with Crippen LogP contribution in [0.25, 0.3) is 0 Å². The molecule has 0 saturated carbocycles. The molecular formula is C9H21NS. The minimum Gasteiger partial charge on any atom is -0.317 e. The summed E-state index contributed by atoms with van der Waals surface area (Å²) in [5.74, 6) is 1.29. The third-order valence-corrected chi connectivity index (χ3v) is 2.36. The highest BCUT2D eigenvalue weighted by Gasteiger charge is 1.87. The molecule has 1 N–H and O–H groups in total. The Morgan fingerprint density at radius 3 is 2.45 bits per heavy atom. The fraction of sp³-hybridized carbons (Fsp3) is 1.00. The first-order valence-electron chi connectivity index (χ1n) is 4.61. The summed E-state index contributed by atoms with van der Waals surface area (Å²) in [6.07, 6.45) is 7.52. The molecule has 0 aromatic heterocycles. The van der Waals surface area contributed by atoms with Gasteiger partial charge < -0.3 is 5.32 Å². The Hall–Kier alpha value is 0.310. The lowest BCUT2D eigenvalue weighted by Gasteiger charge is -2.02. The molecule has 0 aliphatic rings. The molecule has 1 nitrogen and oxygen atoms in total. The summed E-state index contributed by atoms with van der Waals surface area (Å²) < 4.78 is 0. The first-order chi connectivity index (χ1) is 5.41. The van der Waals surface area contributed by atoms with Gasteiger partial charge in [0.25, 0.3) is 0 Å². The second kappa shape index (κ2) is 10.3. The van der Waals surface area contributed by atoms with Crippen molar-refractivity contribution in [1.82, 2.24) is 5.32 Å². The normalized spacial score (nSPS) is 10.4. The average Bonchev–Trinajstić information content (AvgIpc) is 2.03. The van der Waals surface area contributed by atoms with E-state index in [2.05, 4.69) is 18.5 Å². The van der Waals surface area contributed by atoms with Gasteiger partial charge in [-0.3, -0.25) is 0 Å². The van der Waals surface area contributed by atoms with Crippen LogP contribution in [-0.2, 0) is 0 Å². The number of rotatable bonds is 8. The molecule has 2 heteroatoms. The molecule has 0 amide bonds. The fourth-order valence-electron chi connectivity index (χ4n) is 0.967. The standard InChI is InChI=1S/C9H21NS/c1-3-4-5-7-10-8-6-9-11-2/h10H,3-9H2,1-2H3. The second-order valence-electron chi connectivity index (χ2n) is 2.80. The molecule has 0 radical (unpaired) electrons. The van der Waals surface area contributed by atoms with Gasteiger partial charge in [-0.2, -0.15) is 11.8 Å².